The second-order valence-electron chi connectivity index (χ2n) is 8.29. The molecule has 7 nitrogen and oxygen atoms in total. The Morgan fingerprint density at radius 3 is 2.80 bits per heavy atom. The van der Waals surface area contributed by atoms with E-state index in [4.69, 9.17) is 9.72 Å². The van der Waals surface area contributed by atoms with Crippen LogP contribution in [-0.4, -0.2) is 39.8 Å². The fraction of sp³-hybridized carbons (Fsp3) is 0.391. The summed E-state index contributed by atoms with van der Waals surface area (Å²) >= 11 is 0. The SMILES string of the molecule is CC(C)n1ncc2c(C(=O)OCC(=O)N3CCc4ccccc43)cc(C3CC3)nc21. The number of rotatable bonds is 5. The van der Waals surface area contributed by atoms with E-state index in [0.717, 1.165) is 36.2 Å². The standard InChI is InChI=1S/C23H24N4O3/c1-14(2)27-22-18(12-24-27)17(11-19(25-22)15-7-8-15)23(29)30-13-21(28)26-10-9-16-5-3-4-6-20(16)26/h3-6,11-12,14-15H,7-10,13H2,1-2H3. The normalized spacial score (nSPS) is 15.6. The largest absolute Gasteiger partial charge is 0.452 e. The molecule has 0 radical (unpaired) electrons. The number of anilines is 1. The van der Waals surface area contributed by atoms with Crippen LogP contribution in [0.25, 0.3) is 11.0 Å². The van der Waals surface area contributed by atoms with Crippen molar-refractivity contribution in [1.82, 2.24) is 14.8 Å². The van der Waals surface area contributed by atoms with Crippen molar-refractivity contribution in [3.05, 3.63) is 53.3 Å². The number of para-hydroxylation sites is 1. The molecule has 1 aliphatic heterocycles. The second kappa shape index (κ2) is 7.23. The highest BCUT2D eigenvalue weighted by atomic mass is 16.5. The Balaban J connectivity index is 1.38. The smallest absolute Gasteiger partial charge is 0.339 e. The number of benzene rings is 1. The predicted molar refractivity (Wildman–Crippen MR) is 113 cm³/mol. The minimum atomic E-state index is -0.506. The lowest BCUT2D eigenvalue weighted by Crippen LogP contribution is -2.33. The Bertz CT molecular complexity index is 1150. The van der Waals surface area contributed by atoms with Crippen LogP contribution in [0.15, 0.2) is 36.5 Å². The van der Waals surface area contributed by atoms with Gasteiger partial charge in [-0.2, -0.15) is 5.10 Å². The van der Waals surface area contributed by atoms with Gasteiger partial charge in [-0.1, -0.05) is 18.2 Å². The Hall–Kier alpha value is -3.22. The lowest BCUT2D eigenvalue weighted by atomic mass is 10.1. The van der Waals surface area contributed by atoms with E-state index >= 15 is 0 Å². The summed E-state index contributed by atoms with van der Waals surface area (Å²) in [6, 6.07) is 9.77. The lowest BCUT2D eigenvalue weighted by Gasteiger charge is -2.17. The van der Waals surface area contributed by atoms with E-state index in [9.17, 15) is 9.59 Å². The molecular weight excluding hydrogens is 380 g/mol. The van der Waals surface area contributed by atoms with Gasteiger partial charge in [-0.15, -0.1) is 0 Å². The summed E-state index contributed by atoms with van der Waals surface area (Å²) in [5, 5.41) is 5.08. The third-order valence-electron chi connectivity index (χ3n) is 5.81. The Kier molecular flexibility index (Phi) is 4.53. The summed E-state index contributed by atoms with van der Waals surface area (Å²) in [5.74, 6) is -0.327. The molecule has 3 heterocycles. The maximum absolute atomic E-state index is 12.9. The molecule has 2 aromatic heterocycles. The van der Waals surface area contributed by atoms with Crippen LogP contribution in [0, 0.1) is 0 Å². The molecule has 0 saturated heterocycles. The fourth-order valence-corrected chi connectivity index (χ4v) is 4.05. The third kappa shape index (κ3) is 3.24. The van der Waals surface area contributed by atoms with Crippen molar-refractivity contribution in [3.63, 3.8) is 0 Å². The molecule has 1 aromatic carbocycles. The number of nitrogens with zero attached hydrogens (tertiary/aromatic N) is 4. The van der Waals surface area contributed by atoms with Crippen LogP contribution in [-0.2, 0) is 16.0 Å². The van der Waals surface area contributed by atoms with Crippen LogP contribution in [0.5, 0.6) is 0 Å². The van der Waals surface area contributed by atoms with Crippen LogP contribution < -0.4 is 4.90 Å². The van der Waals surface area contributed by atoms with Gasteiger partial charge in [-0.05, 0) is 50.8 Å². The summed E-state index contributed by atoms with van der Waals surface area (Å²) in [7, 11) is 0. The minimum Gasteiger partial charge on any atom is -0.452 e. The first-order valence-corrected chi connectivity index (χ1v) is 10.5. The lowest BCUT2D eigenvalue weighted by molar-refractivity contribution is -0.121. The number of fused-ring (bicyclic) bond motifs is 2. The fourth-order valence-electron chi connectivity index (χ4n) is 4.05. The van der Waals surface area contributed by atoms with Crippen molar-refractivity contribution >= 4 is 28.6 Å². The summed E-state index contributed by atoms with van der Waals surface area (Å²) < 4.78 is 7.28. The minimum absolute atomic E-state index is 0.130. The van der Waals surface area contributed by atoms with Crippen LogP contribution in [0.4, 0.5) is 5.69 Å². The zero-order valence-electron chi connectivity index (χ0n) is 17.2. The van der Waals surface area contributed by atoms with Crippen LogP contribution in [0.1, 0.15) is 60.3 Å². The maximum atomic E-state index is 12.9. The van der Waals surface area contributed by atoms with Gasteiger partial charge in [-0.25, -0.2) is 14.5 Å². The molecule has 0 N–H and O–H groups in total. The number of pyridine rings is 1. The van der Waals surface area contributed by atoms with E-state index in [0.29, 0.717) is 29.1 Å². The Labute approximate surface area is 174 Å². The van der Waals surface area contributed by atoms with Crippen molar-refractivity contribution in [1.29, 1.82) is 0 Å². The zero-order valence-corrected chi connectivity index (χ0v) is 17.2. The molecule has 1 saturated carbocycles. The van der Waals surface area contributed by atoms with Crippen molar-refractivity contribution in [2.45, 2.75) is 45.1 Å². The number of aromatic nitrogens is 3. The van der Waals surface area contributed by atoms with E-state index in [1.54, 1.807) is 11.1 Å². The summed E-state index contributed by atoms with van der Waals surface area (Å²) in [5.41, 5.74) is 4.07. The van der Waals surface area contributed by atoms with Crippen molar-refractivity contribution < 1.29 is 14.3 Å². The molecule has 1 amide bonds. The molecule has 154 valence electrons. The molecule has 2 aliphatic rings. The number of esters is 1. The van der Waals surface area contributed by atoms with Crippen LogP contribution >= 0.6 is 0 Å². The average molecular weight is 404 g/mol. The molecule has 1 fully saturated rings. The van der Waals surface area contributed by atoms with E-state index in [1.165, 1.54) is 0 Å². The molecule has 0 spiro atoms. The topological polar surface area (TPSA) is 77.3 Å². The Morgan fingerprint density at radius 1 is 1.23 bits per heavy atom. The maximum Gasteiger partial charge on any atom is 0.339 e. The van der Waals surface area contributed by atoms with Gasteiger partial charge in [0, 0.05) is 29.9 Å². The van der Waals surface area contributed by atoms with Gasteiger partial charge in [0.25, 0.3) is 5.91 Å². The number of carbonyl (C=O) groups excluding carboxylic acids is 2. The van der Waals surface area contributed by atoms with Gasteiger partial charge in [0.05, 0.1) is 17.1 Å². The third-order valence-corrected chi connectivity index (χ3v) is 5.81. The van der Waals surface area contributed by atoms with Gasteiger partial charge < -0.3 is 9.64 Å². The number of hydrogen-bond acceptors (Lipinski definition) is 5. The predicted octanol–water partition coefficient (Wildman–Crippen LogP) is 3.64. The van der Waals surface area contributed by atoms with Gasteiger partial charge in [0.1, 0.15) is 0 Å². The molecule has 5 rings (SSSR count). The molecule has 30 heavy (non-hydrogen) atoms. The van der Waals surface area contributed by atoms with Crippen LogP contribution in [0.3, 0.4) is 0 Å². The second-order valence-corrected chi connectivity index (χ2v) is 8.29. The summed E-state index contributed by atoms with van der Waals surface area (Å²) in [4.78, 5) is 32.1. The highest BCUT2D eigenvalue weighted by Crippen LogP contribution is 2.40. The first-order valence-electron chi connectivity index (χ1n) is 10.5. The Morgan fingerprint density at radius 2 is 2.03 bits per heavy atom. The number of carbonyl (C=O) groups is 2. The monoisotopic (exact) mass is 404 g/mol. The van der Waals surface area contributed by atoms with Gasteiger partial charge in [0.15, 0.2) is 12.3 Å². The van der Waals surface area contributed by atoms with E-state index in [-0.39, 0.29) is 18.6 Å². The van der Waals surface area contributed by atoms with E-state index in [1.807, 2.05) is 48.9 Å². The van der Waals surface area contributed by atoms with Crippen LogP contribution in [0.2, 0.25) is 0 Å². The number of ether oxygens (including phenoxy) is 1. The highest BCUT2D eigenvalue weighted by Gasteiger charge is 2.29. The number of amides is 1. The van der Waals surface area contributed by atoms with Gasteiger partial charge >= 0.3 is 5.97 Å². The first-order chi connectivity index (χ1) is 14.5. The summed E-state index contributed by atoms with van der Waals surface area (Å²) in [6.07, 6.45) is 4.64. The molecule has 0 unspecified atom stereocenters. The van der Waals surface area contributed by atoms with Crippen molar-refractivity contribution in [2.24, 2.45) is 0 Å². The van der Waals surface area contributed by atoms with E-state index in [2.05, 4.69) is 5.10 Å². The van der Waals surface area contributed by atoms with Crippen molar-refractivity contribution in [3.8, 4) is 0 Å². The molecule has 3 aromatic rings. The molecule has 0 bridgehead atoms. The highest BCUT2D eigenvalue weighted by molar-refractivity contribution is 6.04. The summed E-state index contributed by atoms with van der Waals surface area (Å²) in [6.45, 7) is 4.39. The van der Waals surface area contributed by atoms with E-state index < -0.39 is 5.97 Å². The van der Waals surface area contributed by atoms with Crippen molar-refractivity contribution in [2.75, 3.05) is 18.1 Å². The quantitative estimate of drug-likeness (QED) is 0.607. The molecule has 7 heteroatoms. The number of hydrogen-bond donors (Lipinski definition) is 0. The zero-order chi connectivity index (χ0) is 20.8. The average Bonchev–Trinajstić information content (AvgIpc) is 3.36. The first kappa shape index (κ1) is 18.8. The molecule has 0 atom stereocenters. The molecular formula is C23H24N4O3. The van der Waals surface area contributed by atoms with Gasteiger partial charge in [0.2, 0.25) is 0 Å². The molecule has 1 aliphatic carbocycles. The van der Waals surface area contributed by atoms with Gasteiger partial charge in [-0.3, -0.25) is 4.79 Å².